The van der Waals surface area contributed by atoms with Crippen molar-refractivity contribution in [3.8, 4) is 56.8 Å². The van der Waals surface area contributed by atoms with E-state index < -0.39 is 8.24 Å². The Kier molecular flexibility index (Phi) is 11.2. The number of hydrogen-bond acceptors (Lipinski definition) is 8. The first-order chi connectivity index (χ1) is 27.4. The van der Waals surface area contributed by atoms with Crippen LogP contribution in [0.4, 0.5) is 0 Å². The first kappa shape index (κ1) is 39.3. The minimum Gasteiger partial charge on any atom is -0.497 e. The largest absolute Gasteiger partial charge is 0.497 e. The van der Waals surface area contributed by atoms with E-state index in [1.54, 1.807) is 21.3 Å². The molecule has 0 bridgehead atoms. The lowest BCUT2D eigenvalue weighted by Gasteiger charge is -2.28. The summed E-state index contributed by atoms with van der Waals surface area (Å²) in [5.74, 6) is 4.56. The van der Waals surface area contributed by atoms with E-state index in [9.17, 15) is 0 Å². The molecule has 9 heteroatoms. The summed E-state index contributed by atoms with van der Waals surface area (Å²) in [4.78, 5) is 0. The van der Waals surface area contributed by atoms with Crippen LogP contribution in [-0.4, -0.2) is 28.1 Å². The molecule has 57 heavy (non-hydrogen) atoms. The van der Waals surface area contributed by atoms with Gasteiger partial charge in [-0.15, -0.1) is 0 Å². The van der Waals surface area contributed by atoms with Crippen LogP contribution in [0, 0.1) is 0 Å². The fourth-order valence-electron chi connectivity index (χ4n) is 6.89. The summed E-state index contributed by atoms with van der Waals surface area (Å²) in [5.41, 5.74) is 6.63. The van der Waals surface area contributed by atoms with Crippen molar-refractivity contribution < 1.29 is 36.6 Å². The Labute approximate surface area is 335 Å². The van der Waals surface area contributed by atoms with Crippen LogP contribution in [0.1, 0.15) is 52.7 Å². The number of methoxy groups -OCH3 is 3. The number of rotatable bonds is 6. The van der Waals surface area contributed by atoms with Gasteiger partial charge in [-0.1, -0.05) is 114 Å². The predicted octanol–water partition coefficient (Wildman–Crippen LogP) is 13.5. The molecule has 0 fully saturated rings. The molecule has 0 spiro atoms. The van der Waals surface area contributed by atoms with Gasteiger partial charge < -0.3 is 36.6 Å². The Hall–Kier alpha value is -5.98. The Morgan fingerprint density at radius 1 is 0.474 bits per heavy atom. The average Bonchev–Trinajstić information content (AvgIpc) is 3.49. The topological polar surface area (TPSA) is 81.7 Å². The van der Waals surface area contributed by atoms with Gasteiger partial charge in [0.25, 0.3) is 0 Å². The van der Waals surface area contributed by atoms with Crippen molar-refractivity contribution in [1.82, 2.24) is 0 Å². The molecule has 0 amide bonds. The molecule has 8 rings (SSSR count). The number of hydrogen-bond donors (Lipinski definition) is 0. The summed E-state index contributed by atoms with van der Waals surface area (Å²) < 4.78 is 48.5. The molecule has 0 aliphatic carbocycles. The lowest BCUT2D eigenvalue weighted by molar-refractivity contribution is 0.125. The number of ether oxygens (including phenoxy) is 5. The molecule has 0 atom stereocenters. The van der Waals surface area contributed by atoms with Crippen molar-refractivity contribution in [2.24, 2.45) is 0 Å². The van der Waals surface area contributed by atoms with E-state index in [2.05, 4.69) is 41.5 Å². The van der Waals surface area contributed by atoms with Crippen molar-refractivity contribution in [1.29, 1.82) is 0 Å². The Morgan fingerprint density at radius 3 is 1.35 bits per heavy atom. The van der Waals surface area contributed by atoms with Gasteiger partial charge >= 0.3 is 8.24 Å². The number of para-hydroxylation sites is 4. The molecular weight excluding hydrogens is 735 g/mol. The van der Waals surface area contributed by atoms with Crippen molar-refractivity contribution >= 4 is 30.2 Å². The van der Waals surface area contributed by atoms with Crippen LogP contribution >= 0.6 is 8.24 Å². The first-order valence-electron chi connectivity index (χ1n) is 18.9. The molecule has 0 saturated carbocycles. The third-order valence-electron chi connectivity index (χ3n) is 9.78. The predicted molar refractivity (Wildman–Crippen MR) is 229 cm³/mol. The van der Waals surface area contributed by atoms with Gasteiger partial charge in [-0.05, 0) is 59.4 Å². The van der Waals surface area contributed by atoms with Crippen molar-refractivity contribution in [2.45, 2.75) is 52.4 Å². The minimum atomic E-state index is -1.90. The molecule has 7 aromatic rings. The fraction of sp³-hybridized carbons (Fsp3) is 0.250. The Balaban J connectivity index is 0.000000273. The normalized spacial score (nSPS) is 12.2. The van der Waals surface area contributed by atoms with Crippen LogP contribution in [0.15, 0.2) is 130 Å². The highest BCUT2D eigenvalue weighted by Crippen LogP contribution is 2.51. The van der Waals surface area contributed by atoms with E-state index in [1.165, 1.54) is 0 Å². The summed E-state index contributed by atoms with van der Waals surface area (Å²) in [7, 11) is 3.14. The van der Waals surface area contributed by atoms with E-state index in [4.69, 9.17) is 36.6 Å². The molecule has 1 aliphatic heterocycles. The maximum atomic E-state index is 6.86. The molecular formula is C48H49O8P. The van der Waals surface area contributed by atoms with Crippen molar-refractivity contribution in [3.05, 3.63) is 132 Å². The fourth-order valence-corrected chi connectivity index (χ4v) is 7.99. The third-order valence-corrected chi connectivity index (χ3v) is 10.8. The lowest BCUT2D eigenvalue weighted by Crippen LogP contribution is -2.15. The van der Waals surface area contributed by atoms with E-state index in [-0.39, 0.29) is 17.6 Å². The zero-order valence-electron chi connectivity index (χ0n) is 34.0. The highest BCUT2D eigenvalue weighted by Gasteiger charge is 2.30. The van der Waals surface area contributed by atoms with Gasteiger partial charge in [0.15, 0.2) is 0 Å². The highest BCUT2D eigenvalue weighted by atomic mass is 31.1. The molecule has 0 unspecified atom stereocenters. The van der Waals surface area contributed by atoms with E-state index >= 15 is 0 Å². The van der Waals surface area contributed by atoms with Gasteiger partial charge in [0.05, 0.1) is 21.3 Å². The van der Waals surface area contributed by atoms with Crippen molar-refractivity contribution in [3.63, 3.8) is 0 Å². The van der Waals surface area contributed by atoms with Crippen LogP contribution in [0.3, 0.4) is 0 Å². The molecule has 2 heterocycles. The zero-order chi connectivity index (χ0) is 40.3. The van der Waals surface area contributed by atoms with E-state index in [0.717, 1.165) is 67.2 Å². The lowest BCUT2D eigenvalue weighted by atomic mass is 9.81. The summed E-state index contributed by atoms with van der Waals surface area (Å²) in [6.07, 6.45) is 0. The van der Waals surface area contributed by atoms with Gasteiger partial charge in [0.1, 0.15) is 45.7 Å². The standard InChI is InChI=1S/C35H39O6P.C13H10O2/c1-34(2,3)28-20-22(36-7)18-26(32(28)38-9)27-19-23(37-8)21-29(35(4,5)6)33(27)41-42-39-30-16-12-10-14-24(30)25-15-11-13-17-31(25)40-42;1-3-7-12-10(5-1)11-6-2-4-8-13(11)15-9-14-12/h10-21H,1-9H3;1-8H,9H2. The van der Waals surface area contributed by atoms with E-state index in [0.29, 0.717) is 22.7 Å². The maximum absolute atomic E-state index is 6.86. The Bertz CT molecular complexity index is 2470. The van der Waals surface area contributed by atoms with Gasteiger partial charge in [0, 0.05) is 44.2 Å². The van der Waals surface area contributed by atoms with Gasteiger partial charge in [-0.25, -0.2) is 0 Å². The average molecular weight is 785 g/mol. The molecule has 0 radical (unpaired) electrons. The van der Waals surface area contributed by atoms with Crippen molar-refractivity contribution in [2.75, 3.05) is 28.1 Å². The zero-order valence-corrected chi connectivity index (χ0v) is 34.9. The molecule has 294 valence electrons. The van der Waals surface area contributed by atoms with Crippen LogP contribution in [0.2, 0.25) is 0 Å². The molecule has 6 aromatic carbocycles. The van der Waals surface area contributed by atoms with Gasteiger partial charge in [-0.2, -0.15) is 0 Å². The molecule has 1 aliphatic rings. The molecule has 0 saturated heterocycles. The molecule has 1 aromatic heterocycles. The second-order valence-electron chi connectivity index (χ2n) is 15.7. The maximum Gasteiger partial charge on any atom is 0.453 e. The quantitative estimate of drug-likeness (QED) is 0.165. The van der Waals surface area contributed by atoms with Crippen LogP contribution in [-0.2, 0) is 10.8 Å². The summed E-state index contributed by atoms with van der Waals surface area (Å²) >= 11 is 0. The van der Waals surface area contributed by atoms with Crippen LogP contribution < -0.4 is 28.2 Å². The van der Waals surface area contributed by atoms with E-state index in [1.807, 2.05) is 121 Å². The number of benzene rings is 6. The second kappa shape index (κ2) is 16.2. The third kappa shape index (κ3) is 8.28. The summed E-state index contributed by atoms with van der Waals surface area (Å²) in [6.45, 7) is 13.2. The van der Waals surface area contributed by atoms with Crippen LogP contribution in [0.5, 0.6) is 34.5 Å². The second-order valence-corrected chi connectivity index (χ2v) is 16.7. The molecule has 0 N–H and O–H groups in total. The minimum absolute atomic E-state index is 0.216. The number of fused-ring (bicyclic) bond motifs is 6. The molecule has 8 nitrogen and oxygen atoms in total. The summed E-state index contributed by atoms with van der Waals surface area (Å²) in [5, 5.41) is 1.91. The van der Waals surface area contributed by atoms with Gasteiger partial charge in [-0.3, -0.25) is 0 Å². The smallest absolute Gasteiger partial charge is 0.453 e. The first-order valence-corrected chi connectivity index (χ1v) is 19.9. The monoisotopic (exact) mass is 784 g/mol. The SMILES string of the molecule is COc1cc(-c2cc(OC)cc(C(C)(C)C)c2Op2oc3ccccc3c3ccccc3o2)c(OC)c(C(C)(C)C)c1.c1ccc2c(c1)OCOc1ccccc1-2. The van der Waals surface area contributed by atoms with Gasteiger partial charge in [0.2, 0.25) is 6.79 Å². The summed E-state index contributed by atoms with van der Waals surface area (Å²) in [6, 6.07) is 39.8. The Morgan fingerprint density at radius 2 is 0.895 bits per heavy atom. The highest BCUT2D eigenvalue weighted by molar-refractivity contribution is 7.32. The van der Waals surface area contributed by atoms with Crippen LogP contribution in [0.25, 0.3) is 44.2 Å².